The van der Waals surface area contributed by atoms with Crippen LogP contribution in [0.1, 0.15) is 94.3 Å². The number of rotatable bonds is 2. The van der Waals surface area contributed by atoms with E-state index in [1.165, 1.54) is 11.1 Å². The highest BCUT2D eigenvalue weighted by Crippen LogP contribution is 2.54. The maximum atomic E-state index is 13.3. The molecule has 1 aliphatic carbocycles. The van der Waals surface area contributed by atoms with E-state index in [9.17, 15) is 5.11 Å². The van der Waals surface area contributed by atoms with Crippen molar-refractivity contribution in [1.82, 2.24) is 0 Å². The van der Waals surface area contributed by atoms with Gasteiger partial charge in [0.05, 0.1) is 0 Å². The molecule has 196 valence electrons. The SMILES string of the molecule is CC(C)(C)c1ccc2c(c1)C(O)(c1ccccc1-c1ccc(Cl)cc1)c1cc(C(C)(C)C)ccc1C2(C)C. The summed E-state index contributed by atoms with van der Waals surface area (Å²) in [7, 11) is 0. The van der Waals surface area contributed by atoms with E-state index in [4.69, 9.17) is 11.6 Å². The molecule has 0 atom stereocenters. The van der Waals surface area contributed by atoms with Gasteiger partial charge in [-0.15, -0.1) is 0 Å². The molecule has 0 amide bonds. The molecule has 0 heterocycles. The van der Waals surface area contributed by atoms with E-state index in [1.807, 2.05) is 36.4 Å². The summed E-state index contributed by atoms with van der Waals surface area (Å²) >= 11 is 6.25. The van der Waals surface area contributed by atoms with Gasteiger partial charge >= 0.3 is 0 Å². The first kappa shape index (κ1) is 26.7. The molecule has 4 aromatic carbocycles. The third-order valence-corrected chi connectivity index (χ3v) is 8.62. The molecular formula is C36H39ClO. The second kappa shape index (κ2) is 8.83. The summed E-state index contributed by atoms with van der Waals surface area (Å²) in [5.74, 6) is 0. The maximum Gasteiger partial charge on any atom is 0.141 e. The van der Waals surface area contributed by atoms with Crippen molar-refractivity contribution in [3.8, 4) is 11.1 Å². The van der Waals surface area contributed by atoms with Crippen LogP contribution in [0.2, 0.25) is 5.02 Å². The van der Waals surface area contributed by atoms with Gasteiger partial charge in [-0.3, -0.25) is 0 Å². The molecule has 0 radical (unpaired) electrons. The molecule has 5 rings (SSSR count). The monoisotopic (exact) mass is 522 g/mol. The normalized spacial score (nSPS) is 16.1. The van der Waals surface area contributed by atoms with Gasteiger partial charge in [0.15, 0.2) is 0 Å². The van der Waals surface area contributed by atoms with Gasteiger partial charge in [-0.2, -0.15) is 0 Å². The molecule has 0 fully saturated rings. The number of fused-ring (bicyclic) bond motifs is 2. The van der Waals surface area contributed by atoms with Crippen molar-refractivity contribution in [2.45, 2.75) is 77.2 Å². The molecule has 0 aliphatic heterocycles. The Morgan fingerprint density at radius 3 is 1.53 bits per heavy atom. The maximum absolute atomic E-state index is 13.3. The Morgan fingerprint density at radius 1 is 0.579 bits per heavy atom. The summed E-state index contributed by atoms with van der Waals surface area (Å²) in [5.41, 5.74) is 7.91. The zero-order valence-electron chi connectivity index (χ0n) is 23.9. The first-order valence-corrected chi connectivity index (χ1v) is 13.9. The minimum atomic E-state index is -1.33. The van der Waals surface area contributed by atoms with Gasteiger partial charge < -0.3 is 5.11 Å². The zero-order valence-corrected chi connectivity index (χ0v) is 24.7. The highest BCUT2D eigenvalue weighted by Gasteiger charge is 2.48. The van der Waals surface area contributed by atoms with Crippen LogP contribution in [0, 0.1) is 0 Å². The second-order valence-corrected chi connectivity index (χ2v) is 13.8. The Bertz CT molecular complexity index is 1440. The average Bonchev–Trinajstić information content (AvgIpc) is 2.86. The Hall–Kier alpha value is -2.87. The van der Waals surface area contributed by atoms with Crippen LogP contribution in [0.25, 0.3) is 11.1 Å². The molecule has 0 saturated heterocycles. The predicted molar refractivity (Wildman–Crippen MR) is 161 cm³/mol. The molecule has 4 aromatic rings. The summed E-state index contributed by atoms with van der Waals surface area (Å²) < 4.78 is 0. The topological polar surface area (TPSA) is 20.2 Å². The minimum Gasteiger partial charge on any atom is -0.376 e. The van der Waals surface area contributed by atoms with E-state index in [0.29, 0.717) is 5.02 Å². The third kappa shape index (κ3) is 4.21. The first-order chi connectivity index (χ1) is 17.6. The van der Waals surface area contributed by atoms with Crippen LogP contribution < -0.4 is 0 Å². The molecule has 0 bridgehead atoms. The predicted octanol–water partition coefficient (Wildman–Crippen LogP) is 9.53. The van der Waals surface area contributed by atoms with Crippen molar-refractivity contribution in [1.29, 1.82) is 0 Å². The smallest absolute Gasteiger partial charge is 0.141 e. The van der Waals surface area contributed by atoms with E-state index in [2.05, 4.69) is 104 Å². The molecule has 1 N–H and O–H groups in total. The summed E-state index contributed by atoms with van der Waals surface area (Å²) in [6, 6.07) is 29.6. The van der Waals surface area contributed by atoms with Gasteiger partial charge in [-0.05, 0) is 67.5 Å². The molecule has 1 aliphatic rings. The van der Waals surface area contributed by atoms with Crippen molar-refractivity contribution in [3.63, 3.8) is 0 Å². The van der Waals surface area contributed by atoms with Gasteiger partial charge in [0.2, 0.25) is 0 Å². The lowest BCUT2D eigenvalue weighted by atomic mass is 9.60. The fourth-order valence-corrected chi connectivity index (χ4v) is 6.10. The Morgan fingerprint density at radius 2 is 1.05 bits per heavy atom. The third-order valence-electron chi connectivity index (χ3n) is 8.37. The van der Waals surface area contributed by atoms with Crippen LogP contribution in [0.4, 0.5) is 0 Å². The first-order valence-electron chi connectivity index (χ1n) is 13.5. The van der Waals surface area contributed by atoms with Crippen molar-refractivity contribution in [2.75, 3.05) is 0 Å². The van der Waals surface area contributed by atoms with Crippen LogP contribution in [-0.2, 0) is 21.8 Å². The van der Waals surface area contributed by atoms with Crippen molar-refractivity contribution < 1.29 is 5.11 Å². The molecule has 0 spiro atoms. The summed E-state index contributed by atoms with van der Waals surface area (Å²) in [4.78, 5) is 0. The molecule has 1 nitrogen and oxygen atoms in total. The van der Waals surface area contributed by atoms with E-state index in [1.54, 1.807) is 0 Å². The van der Waals surface area contributed by atoms with Crippen LogP contribution >= 0.6 is 11.6 Å². The minimum absolute atomic E-state index is 0.0523. The lowest BCUT2D eigenvalue weighted by Gasteiger charge is -2.46. The van der Waals surface area contributed by atoms with Crippen molar-refractivity contribution in [2.24, 2.45) is 0 Å². The van der Waals surface area contributed by atoms with Crippen LogP contribution in [0.5, 0.6) is 0 Å². The number of benzene rings is 4. The Kier molecular flexibility index (Phi) is 6.21. The Balaban J connectivity index is 1.92. The lowest BCUT2D eigenvalue weighted by molar-refractivity contribution is 0.117. The quantitative estimate of drug-likeness (QED) is 0.278. The fourth-order valence-electron chi connectivity index (χ4n) is 5.97. The summed E-state index contributed by atoms with van der Waals surface area (Å²) in [6.07, 6.45) is 0. The van der Waals surface area contributed by atoms with Gasteiger partial charge in [-0.25, -0.2) is 0 Å². The van der Waals surface area contributed by atoms with Crippen LogP contribution in [-0.4, -0.2) is 5.11 Å². The van der Waals surface area contributed by atoms with Crippen LogP contribution in [0.15, 0.2) is 84.9 Å². The van der Waals surface area contributed by atoms with Gasteiger partial charge in [0.25, 0.3) is 0 Å². The van der Waals surface area contributed by atoms with E-state index in [0.717, 1.165) is 38.9 Å². The molecule has 0 aromatic heterocycles. The van der Waals surface area contributed by atoms with Crippen molar-refractivity contribution >= 4 is 11.6 Å². The van der Waals surface area contributed by atoms with Gasteiger partial charge in [-0.1, -0.05) is 140 Å². The standard InChI is InChI=1S/C36H39ClO/c1-33(2,3)24-15-19-29-31(21-24)36(38,28-12-10-9-11-27(28)23-13-17-26(37)18-14-23)32-22-25(34(4,5)6)16-20-30(32)35(29,7)8/h9-22,38H,1-8H3. The highest BCUT2D eigenvalue weighted by atomic mass is 35.5. The largest absolute Gasteiger partial charge is 0.376 e. The molecule has 2 heteroatoms. The second-order valence-electron chi connectivity index (χ2n) is 13.4. The van der Waals surface area contributed by atoms with E-state index >= 15 is 0 Å². The summed E-state index contributed by atoms with van der Waals surface area (Å²) in [6.45, 7) is 17.9. The Labute approximate surface area is 233 Å². The van der Waals surface area contributed by atoms with Gasteiger partial charge in [0.1, 0.15) is 5.60 Å². The zero-order chi connectivity index (χ0) is 27.7. The number of halogens is 1. The van der Waals surface area contributed by atoms with E-state index < -0.39 is 5.60 Å². The number of aliphatic hydroxyl groups is 1. The molecule has 38 heavy (non-hydrogen) atoms. The van der Waals surface area contributed by atoms with Gasteiger partial charge in [0, 0.05) is 16.0 Å². The average molecular weight is 523 g/mol. The molecular weight excluding hydrogens is 484 g/mol. The van der Waals surface area contributed by atoms with Crippen LogP contribution in [0.3, 0.4) is 0 Å². The highest BCUT2D eigenvalue weighted by molar-refractivity contribution is 6.30. The number of hydrogen-bond acceptors (Lipinski definition) is 1. The molecule has 0 saturated carbocycles. The molecule has 0 unspecified atom stereocenters. The van der Waals surface area contributed by atoms with Crippen molar-refractivity contribution in [3.05, 3.63) is 129 Å². The fraction of sp³-hybridized carbons (Fsp3) is 0.333. The lowest BCUT2D eigenvalue weighted by Crippen LogP contribution is -2.42. The summed E-state index contributed by atoms with van der Waals surface area (Å²) in [5, 5.41) is 14.0. The van der Waals surface area contributed by atoms with E-state index in [-0.39, 0.29) is 16.2 Å². The number of hydrogen-bond donors (Lipinski definition) is 1.